The van der Waals surface area contributed by atoms with Gasteiger partial charge in [-0.2, -0.15) is 0 Å². The molecule has 10 nitrogen and oxygen atoms in total. The number of likely N-dealkylation sites (N-methyl/N-ethyl adjacent to an activating group) is 2. The number of barbiturate groups is 1. The number of anilines is 2. The molecule has 190 valence electrons. The van der Waals surface area contributed by atoms with Gasteiger partial charge < -0.3 is 9.80 Å². The molecule has 2 saturated heterocycles. The number of nitrogens with zero attached hydrogens (tertiary/aromatic N) is 6. The molecule has 2 aliphatic heterocycles. The van der Waals surface area contributed by atoms with E-state index in [1.54, 1.807) is 24.4 Å². The van der Waals surface area contributed by atoms with E-state index in [4.69, 9.17) is 4.98 Å². The Kier molecular flexibility index (Phi) is 5.98. The largest absolute Gasteiger partial charge is 0.368 e. The van der Waals surface area contributed by atoms with Crippen LogP contribution in [0.4, 0.5) is 20.7 Å². The molecule has 11 heteroatoms. The Morgan fingerprint density at radius 1 is 0.838 bits per heavy atom. The second-order valence-corrected chi connectivity index (χ2v) is 9.11. The molecular weight excluding hydrogens is 479 g/mol. The van der Waals surface area contributed by atoms with Crippen LogP contribution in [-0.2, 0) is 9.59 Å². The summed E-state index contributed by atoms with van der Waals surface area (Å²) in [6.07, 6.45) is 2.89. The van der Waals surface area contributed by atoms with E-state index in [0.717, 1.165) is 21.1 Å². The summed E-state index contributed by atoms with van der Waals surface area (Å²) in [7, 11) is 2.57. The number of amides is 4. The highest BCUT2D eigenvalue weighted by molar-refractivity contribution is 6.30. The minimum Gasteiger partial charge on any atom is -0.368 e. The fraction of sp³-hybridized carbons (Fsp3) is 0.269. The van der Waals surface area contributed by atoms with Crippen molar-refractivity contribution in [1.82, 2.24) is 19.2 Å². The van der Waals surface area contributed by atoms with Crippen molar-refractivity contribution in [2.45, 2.75) is 6.92 Å². The van der Waals surface area contributed by atoms with E-state index in [0.29, 0.717) is 37.6 Å². The van der Waals surface area contributed by atoms with Gasteiger partial charge in [-0.3, -0.25) is 28.6 Å². The summed E-state index contributed by atoms with van der Waals surface area (Å²) in [5, 5.41) is 0. The quantitative estimate of drug-likeness (QED) is 0.397. The van der Waals surface area contributed by atoms with Gasteiger partial charge in [-0.25, -0.2) is 14.2 Å². The van der Waals surface area contributed by atoms with Gasteiger partial charge in [0.1, 0.15) is 22.9 Å². The average Bonchev–Trinajstić information content (AvgIpc) is 2.90. The fourth-order valence-electron chi connectivity index (χ4n) is 4.56. The third-order valence-electron chi connectivity index (χ3n) is 6.69. The number of benzene rings is 1. The lowest BCUT2D eigenvalue weighted by Gasteiger charge is -2.37. The zero-order chi connectivity index (χ0) is 26.4. The zero-order valence-corrected chi connectivity index (χ0v) is 20.6. The van der Waals surface area contributed by atoms with Gasteiger partial charge in [0, 0.05) is 52.2 Å². The Bertz CT molecular complexity index is 1500. The lowest BCUT2D eigenvalue weighted by atomic mass is 10.1. The van der Waals surface area contributed by atoms with Gasteiger partial charge in [0.05, 0.1) is 5.56 Å². The van der Waals surface area contributed by atoms with Gasteiger partial charge in [0.15, 0.2) is 0 Å². The first-order chi connectivity index (χ1) is 17.7. The fourth-order valence-corrected chi connectivity index (χ4v) is 4.56. The van der Waals surface area contributed by atoms with E-state index in [1.807, 2.05) is 17.9 Å². The first kappa shape index (κ1) is 24.2. The standard InChI is InChI=1S/C26H25FN6O4/c1-16-4-9-21-28-22(32-12-10-31(11-13-32)18-7-5-17(27)6-8-18)19(25(36)33(21)15-16)14-20-23(34)29(2)26(37)30(3)24(20)35/h4-9,14-15H,10-13H2,1-3H3. The maximum Gasteiger partial charge on any atom is 0.333 e. The lowest BCUT2D eigenvalue weighted by molar-refractivity contribution is -0.134. The Morgan fingerprint density at radius 2 is 1.43 bits per heavy atom. The van der Waals surface area contributed by atoms with Gasteiger partial charge in [-0.15, -0.1) is 0 Å². The van der Waals surface area contributed by atoms with Gasteiger partial charge in [0.2, 0.25) is 0 Å². The Morgan fingerprint density at radius 3 is 2.05 bits per heavy atom. The van der Waals surface area contributed by atoms with E-state index >= 15 is 0 Å². The van der Waals surface area contributed by atoms with Crippen LogP contribution in [0.2, 0.25) is 0 Å². The Labute approximate surface area is 211 Å². The topological polar surface area (TPSA) is 98.5 Å². The molecule has 2 aromatic heterocycles. The number of carbonyl (C=O) groups excluding carboxylic acids is 3. The van der Waals surface area contributed by atoms with Crippen molar-refractivity contribution in [1.29, 1.82) is 0 Å². The highest BCUT2D eigenvalue weighted by Gasteiger charge is 2.38. The molecule has 0 bridgehead atoms. The predicted octanol–water partition coefficient (Wildman–Crippen LogP) is 1.90. The number of rotatable bonds is 3. The minimum absolute atomic E-state index is 0.0891. The SMILES string of the molecule is Cc1ccc2nc(N3CCN(c4ccc(F)cc4)CC3)c(C=C3C(=O)N(C)C(=O)N(C)C3=O)c(=O)n2c1. The first-order valence-electron chi connectivity index (χ1n) is 11.8. The smallest absolute Gasteiger partial charge is 0.333 e. The molecule has 37 heavy (non-hydrogen) atoms. The van der Waals surface area contributed by atoms with Crippen LogP contribution >= 0.6 is 0 Å². The van der Waals surface area contributed by atoms with E-state index in [1.165, 1.54) is 36.7 Å². The van der Waals surface area contributed by atoms with Crippen molar-refractivity contribution in [2.75, 3.05) is 50.1 Å². The van der Waals surface area contributed by atoms with Gasteiger partial charge in [0.25, 0.3) is 17.4 Å². The van der Waals surface area contributed by atoms with Crippen LogP contribution in [0.1, 0.15) is 11.1 Å². The molecule has 0 radical (unpaired) electrons. The number of imide groups is 2. The number of carbonyl (C=O) groups is 3. The van der Waals surface area contributed by atoms with Crippen LogP contribution in [-0.4, -0.2) is 77.3 Å². The molecule has 0 N–H and O–H groups in total. The average molecular weight is 505 g/mol. The molecule has 3 aromatic rings. The molecule has 0 atom stereocenters. The monoisotopic (exact) mass is 504 g/mol. The molecule has 4 amide bonds. The number of pyridine rings is 1. The zero-order valence-electron chi connectivity index (χ0n) is 20.6. The van der Waals surface area contributed by atoms with Crippen LogP contribution in [0, 0.1) is 12.7 Å². The van der Waals surface area contributed by atoms with E-state index < -0.39 is 23.4 Å². The van der Waals surface area contributed by atoms with Crippen LogP contribution in [0.5, 0.6) is 0 Å². The van der Waals surface area contributed by atoms with E-state index in [-0.39, 0.29) is 17.0 Å². The summed E-state index contributed by atoms with van der Waals surface area (Å²) in [5.41, 5.74) is 1.53. The maximum atomic E-state index is 13.7. The minimum atomic E-state index is -0.783. The van der Waals surface area contributed by atoms with Crippen LogP contribution < -0.4 is 15.4 Å². The highest BCUT2D eigenvalue weighted by Crippen LogP contribution is 2.25. The molecule has 5 rings (SSSR count). The van der Waals surface area contributed by atoms with Gasteiger partial charge in [-0.1, -0.05) is 6.07 Å². The number of fused-ring (bicyclic) bond motifs is 1. The van der Waals surface area contributed by atoms with Crippen molar-refractivity contribution in [3.63, 3.8) is 0 Å². The van der Waals surface area contributed by atoms with Crippen molar-refractivity contribution < 1.29 is 18.8 Å². The lowest BCUT2D eigenvalue weighted by Crippen LogP contribution is -2.53. The second kappa shape index (κ2) is 9.16. The number of aromatic nitrogens is 2. The number of hydrogen-bond acceptors (Lipinski definition) is 7. The molecular formula is C26H25FN6O4. The number of piperazine rings is 1. The summed E-state index contributed by atoms with van der Waals surface area (Å²) in [6.45, 7) is 4.03. The molecule has 1 aromatic carbocycles. The number of urea groups is 1. The van der Waals surface area contributed by atoms with Crippen molar-refractivity contribution >= 4 is 41.1 Å². The van der Waals surface area contributed by atoms with Crippen molar-refractivity contribution in [3.05, 3.63) is 75.5 Å². The van der Waals surface area contributed by atoms with Crippen LogP contribution in [0.25, 0.3) is 11.7 Å². The second-order valence-electron chi connectivity index (χ2n) is 9.11. The summed E-state index contributed by atoms with van der Waals surface area (Å²) in [4.78, 5) is 62.0. The third-order valence-corrected chi connectivity index (χ3v) is 6.69. The van der Waals surface area contributed by atoms with Crippen LogP contribution in [0.3, 0.4) is 0 Å². The molecule has 2 fully saturated rings. The Balaban J connectivity index is 1.58. The molecule has 2 aliphatic rings. The normalized spacial score (nSPS) is 16.8. The van der Waals surface area contributed by atoms with E-state index in [9.17, 15) is 23.6 Å². The molecule has 0 aliphatic carbocycles. The first-order valence-corrected chi connectivity index (χ1v) is 11.8. The maximum absolute atomic E-state index is 13.7. The molecule has 0 saturated carbocycles. The van der Waals surface area contributed by atoms with Gasteiger partial charge in [-0.05, 0) is 48.9 Å². The molecule has 0 spiro atoms. The van der Waals surface area contributed by atoms with Crippen molar-refractivity contribution in [2.24, 2.45) is 0 Å². The third kappa shape index (κ3) is 4.22. The van der Waals surface area contributed by atoms with Gasteiger partial charge >= 0.3 is 6.03 Å². The van der Waals surface area contributed by atoms with Crippen molar-refractivity contribution in [3.8, 4) is 0 Å². The van der Waals surface area contributed by atoms with E-state index in [2.05, 4.69) is 4.90 Å². The summed E-state index contributed by atoms with van der Waals surface area (Å²) in [6, 6.07) is 9.11. The number of hydrogen-bond donors (Lipinski definition) is 0. The highest BCUT2D eigenvalue weighted by atomic mass is 19.1. The number of halogens is 1. The Hall–Kier alpha value is -4.54. The molecule has 0 unspecified atom stereocenters. The summed E-state index contributed by atoms with van der Waals surface area (Å²) >= 11 is 0. The summed E-state index contributed by atoms with van der Waals surface area (Å²) < 4.78 is 14.7. The summed E-state index contributed by atoms with van der Waals surface area (Å²) in [5.74, 6) is -1.52. The number of aryl methyl sites for hydroxylation is 1. The van der Waals surface area contributed by atoms with Crippen LogP contribution in [0.15, 0.2) is 53.0 Å². The predicted molar refractivity (Wildman–Crippen MR) is 136 cm³/mol. The molecule has 4 heterocycles.